The fourth-order valence-electron chi connectivity index (χ4n) is 3.66. The molecule has 146 valence electrons. The number of hydrogen-bond acceptors (Lipinski definition) is 6. The van der Waals surface area contributed by atoms with E-state index in [1.54, 1.807) is 25.3 Å². The van der Waals surface area contributed by atoms with Crippen molar-refractivity contribution in [3.8, 4) is 0 Å². The van der Waals surface area contributed by atoms with Crippen LogP contribution in [0.3, 0.4) is 0 Å². The Morgan fingerprint density at radius 3 is 2.59 bits per heavy atom. The van der Waals surface area contributed by atoms with E-state index in [-0.39, 0.29) is 17.7 Å². The van der Waals surface area contributed by atoms with Crippen LogP contribution in [0, 0.1) is 21.6 Å². The molecule has 0 radical (unpaired) electrons. The lowest BCUT2D eigenvalue weighted by molar-refractivity contribution is -0.124. The summed E-state index contributed by atoms with van der Waals surface area (Å²) in [5.74, 6) is 0.0140. The van der Waals surface area contributed by atoms with Crippen molar-refractivity contribution in [2.24, 2.45) is 10.8 Å². The van der Waals surface area contributed by atoms with Gasteiger partial charge in [-0.05, 0) is 56.6 Å². The van der Waals surface area contributed by atoms with Gasteiger partial charge in [0.1, 0.15) is 11.2 Å². The van der Waals surface area contributed by atoms with Crippen molar-refractivity contribution in [2.75, 3.05) is 11.9 Å². The van der Waals surface area contributed by atoms with Crippen LogP contribution in [0.5, 0.6) is 0 Å². The minimum atomic E-state index is -1.02. The van der Waals surface area contributed by atoms with Crippen molar-refractivity contribution < 1.29 is 9.53 Å². The van der Waals surface area contributed by atoms with Crippen molar-refractivity contribution in [1.82, 2.24) is 10.3 Å². The summed E-state index contributed by atoms with van der Waals surface area (Å²) in [5, 5.41) is 22.7. The van der Waals surface area contributed by atoms with E-state index in [1.807, 2.05) is 0 Å². The highest BCUT2D eigenvalue weighted by molar-refractivity contribution is 6.11. The molecule has 3 rings (SSSR count). The number of carbonyl (C=O) groups excluding carboxylic acids is 1. The molecule has 1 aliphatic carbocycles. The van der Waals surface area contributed by atoms with Crippen LogP contribution < -0.4 is 10.6 Å². The van der Waals surface area contributed by atoms with Gasteiger partial charge in [-0.25, -0.2) is 4.98 Å². The minimum Gasteiger partial charge on any atom is -0.424 e. The van der Waals surface area contributed by atoms with Crippen LogP contribution in [-0.2, 0) is 9.53 Å². The summed E-state index contributed by atoms with van der Waals surface area (Å²) in [6, 6.07) is 3.82. The molecule has 1 amide bonds. The summed E-state index contributed by atoms with van der Waals surface area (Å²) in [6.07, 6.45) is 6.60. The Kier molecular flexibility index (Phi) is 5.22. The Bertz CT molecular complexity index is 750. The SMILES string of the molecule is CC1(C)CCC(Nc2ncccc2C(=N)OC(=N)C2(C)CCNC2=O)CC1. The van der Waals surface area contributed by atoms with E-state index in [0.29, 0.717) is 35.8 Å². The van der Waals surface area contributed by atoms with Crippen LogP contribution in [0.2, 0.25) is 0 Å². The third kappa shape index (κ3) is 4.12. The standard InChI is InChI=1S/C20H29N5O2/c1-19(2)8-6-13(7-9-19)25-16-14(5-4-11-23-16)15(21)27-17(22)20(3)10-12-24-18(20)26/h4-5,11,13,21-22H,6-10,12H2,1-3H3,(H,23,25)(H,24,26). The summed E-state index contributed by atoms with van der Waals surface area (Å²) >= 11 is 0. The molecular formula is C20H29N5O2. The van der Waals surface area contributed by atoms with Crippen LogP contribution in [0.1, 0.15) is 58.4 Å². The number of ether oxygens (including phenoxy) is 1. The van der Waals surface area contributed by atoms with Gasteiger partial charge < -0.3 is 15.4 Å². The summed E-state index contributed by atoms with van der Waals surface area (Å²) < 4.78 is 5.48. The van der Waals surface area contributed by atoms with Gasteiger partial charge in [0.05, 0.1) is 5.56 Å². The third-order valence-corrected chi connectivity index (χ3v) is 5.85. The highest BCUT2D eigenvalue weighted by Crippen LogP contribution is 2.36. The lowest BCUT2D eigenvalue weighted by atomic mass is 9.75. The smallest absolute Gasteiger partial charge is 0.235 e. The molecular weight excluding hydrogens is 342 g/mol. The summed E-state index contributed by atoms with van der Waals surface area (Å²) in [7, 11) is 0. The maximum atomic E-state index is 12.0. The van der Waals surface area contributed by atoms with Crippen molar-refractivity contribution in [3.63, 3.8) is 0 Å². The first-order chi connectivity index (χ1) is 12.7. The van der Waals surface area contributed by atoms with Gasteiger partial charge in [0.2, 0.25) is 17.7 Å². The minimum absolute atomic E-state index is 0.160. The quantitative estimate of drug-likeness (QED) is 0.480. The Morgan fingerprint density at radius 2 is 1.96 bits per heavy atom. The van der Waals surface area contributed by atoms with Gasteiger partial charge in [-0.15, -0.1) is 0 Å². The second-order valence-electron chi connectivity index (χ2n) is 8.58. The Hall–Kier alpha value is -2.44. The molecule has 7 heteroatoms. The van der Waals surface area contributed by atoms with Gasteiger partial charge >= 0.3 is 0 Å². The van der Waals surface area contributed by atoms with Crippen LogP contribution in [0.25, 0.3) is 0 Å². The zero-order valence-corrected chi connectivity index (χ0v) is 16.3. The predicted octanol–water partition coefficient (Wildman–Crippen LogP) is 3.31. The Balaban J connectivity index is 1.69. The Morgan fingerprint density at radius 1 is 1.26 bits per heavy atom. The Labute approximate surface area is 160 Å². The summed E-state index contributed by atoms with van der Waals surface area (Å²) in [6.45, 7) is 6.79. The molecule has 27 heavy (non-hydrogen) atoms. The van der Waals surface area contributed by atoms with Crippen LogP contribution >= 0.6 is 0 Å². The van der Waals surface area contributed by atoms with Crippen molar-refractivity contribution in [3.05, 3.63) is 23.9 Å². The zero-order chi connectivity index (χ0) is 19.7. The lowest BCUT2D eigenvalue weighted by Gasteiger charge is -2.35. The average Bonchev–Trinajstić information content (AvgIpc) is 2.97. The largest absolute Gasteiger partial charge is 0.424 e. The van der Waals surface area contributed by atoms with Crippen molar-refractivity contribution >= 4 is 23.5 Å². The number of anilines is 1. The number of carbonyl (C=O) groups is 1. The highest BCUT2D eigenvalue weighted by Gasteiger charge is 2.44. The molecule has 0 spiro atoms. The van der Waals surface area contributed by atoms with Crippen molar-refractivity contribution in [2.45, 2.75) is 58.9 Å². The molecule has 1 aromatic heterocycles. The number of aromatic nitrogens is 1. The third-order valence-electron chi connectivity index (χ3n) is 5.85. The molecule has 2 heterocycles. The normalized spacial score (nSPS) is 24.9. The molecule has 7 nitrogen and oxygen atoms in total. The fourth-order valence-corrected chi connectivity index (χ4v) is 3.66. The van der Waals surface area contributed by atoms with Crippen LogP contribution in [0.4, 0.5) is 5.82 Å². The molecule has 0 aromatic carbocycles. The number of hydrogen-bond donors (Lipinski definition) is 4. The van der Waals surface area contributed by atoms with Gasteiger partial charge in [-0.1, -0.05) is 13.8 Å². The van der Waals surface area contributed by atoms with E-state index in [0.717, 1.165) is 25.7 Å². The predicted molar refractivity (Wildman–Crippen MR) is 105 cm³/mol. The highest BCUT2D eigenvalue weighted by atomic mass is 16.5. The van der Waals surface area contributed by atoms with E-state index >= 15 is 0 Å². The van der Waals surface area contributed by atoms with E-state index < -0.39 is 5.41 Å². The second-order valence-corrected chi connectivity index (χ2v) is 8.58. The number of amides is 1. The molecule has 1 unspecified atom stereocenters. The topological polar surface area (TPSA) is 111 Å². The first-order valence-electron chi connectivity index (χ1n) is 9.57. The van der Waals surface area contributed by atoms with Crippen LogP contribution in [0.15, 0.2) is 18.3 Å². The molecule has 4 N–H and O–H groups in total. The molecule has 0 bridgehead atoms. The summed E-state index contributed by atoms with van der Waals surface area (Å²) in [5.41, 5.74) is -0.126. The van der Waals surface area contributed by atoms with E-state index in [1.165, 1.54) is 0 Å². The monoisotopic (exact) mass is 371 g/mol. The summed E-state index contributed by atoms with van der Waals surface area (Å²) in [4.78, 5) is 16.4. The van der Waals surface area contributed by atoms with Gasteiger partial charge in [-0.3, -0.25) is 15.6 Å². The maximum Gasteiger partial charge on any atom is 0.235 e. The molecule has 1 aromatic rings. The van der Waals surface area contributed by atoms with Gasteiger partial charge in [-0.2, -0.15) is 0 Å². The lowest BCUT2D eigenvalue weighted by Crippen LogP contribution is -2.38. The second kappa shape index (κ2) is 7.29. The molecule has 2 aliphatic rings. The van der Waals surface area contributed by atoms with Gasteiger partial charge in [0.15, 0.2) is 0 Å². The average molecular weight is 371 g/mol. The first kappa shape index (κ1) is 19.3. The number of nitrogens with zero attached hydrogens (tertiary/aromatic N) is 1. The number of rotatable bonds is 4. The maximum absolute atomic E-state index is 12.0. The van der Waals surface area contributed by atoms with Gasteiger partial charge in [0.25, 0.3) is 0 Å². The van der Waals surface area contributed by atoms with E-state index in [9.17, 15) is 4.79 Å². The number of pyridine rings is 1. The molecule has 1 aliphatic heterocycles. The van der Waals surface area contributed by atoms with Crippen molar-refractivity contribution in [1.29, 1.82) is 10.8 Å². The molecule has 1 saturated heterocycles. The van der Waals surface area contributed by atoms with E-state index in [4.69, 9.17) is 15.6 Å². The molecule has 1 atom stereocenters. The van der Waals surface area contributed by atoms with Crippen LogP contribution in [-0.4, -0.2) is 35.3 Å². The molecule has 2 fully saturated rings. The first-order valence-corrected chi connectivity index (χ1v) is 9.57. The zero-order valence-electron chi connectivity index (χ0n) is 16.3. The molecule has 1 saturated carbocycles. The number of nitrogens with one attached hydrogen (secondary N) is 4. The fraction of sp³-hybridized carbons (Fsp3) is 0.600. The van der Waals surface area contributed by atoms with E-state index in [2.05, 4.69) is 29.5 Å². The van der Waals surface area contributed by atoms with Gasteiger partial charge in [0, 0.05) is 18.8 Å².